The molecule has 3 N–H and O–H groups in total. The van der Waals surface area contributed by atoms with Crippen LogP contribution >= 0.6 is 0 Å². The zero-order chi connectivity index (χ0) is 13.4. The molecule has 1 unspecified atom stereocenters. The van der Waals surface area contributed by atoms with Crippen LogP contribution in [0.15, 0.2) is 0 Å². The van der Waals surface area contributed by atoms with Crippen LogP contribution in [0.5, 0.6) is 0 Å². The minimum absolute atomic E-state index is 0.0412. The molecule has 0 aromatic carbocycles. The van der Waals surface area contributed by atoms with Gasteiger partial charge in [-0.3, -0.25) is 14.9 Å². The SMILES string of the molecule is CC(C)CCC(C)NC(=O)CN[C@H](C)C(=O)O. The Bertz CT molecular complexity index is 254. The van der Waals surface area contributed by atoms with Gasteiger partial charge in [-0.05, 0) is 32.6 Å². The molecular weight excluding hydrogens is 220 g/mol. The van der Waals surface area contributed by atoms with Crippen LogP contribution in [-0.4, -0.2) is 35.6 Å². The van der Waals surface area contributed by atoms with E-state index >= 15 is 0 Å². The fourth-order valence-corrected chi connectivity index (χ4v) is 1.31. The normalized spacial score (nSPS) is 14.4. The molecule has 0 aliphatic carbocycles. The quantitative estimate of drug-likeness (QED) is 0.595. The molecule has 0 aromatic rings. The van der Waals surface area contributed by atoms with E-state index in [1.807, 2.05) is 6.92 Å². The third-order valence-electron chi connectivity index (χ3n) is 2.52. The van der Waals surface area contributed by atoms with Gasteiger partial charge in [0.15, 0.2) is 0 Å². The fraction of sp³-hybridized carbons (Fsp3) is 0.833. The average molecular weight is 244 g/mol. The molecule has 5 nitrogen and oxygen atoms in total. The van der Waals surface area contributed by atoms with Gasteiger partial charge in [0.1, 0.15) is 6.04 Å². The van der Waals surface area contributed by atoms with Crippen molar-refractivity contribution in [1.82, 2.24) is 10.6 Å². The maximum absolute atomic E-state index is 11.5. The van der Waals surface area contributed by atoms with Crippen molar-refractivity contribution in [3.05, 3.63) is 0 Å². The van der Waals surface area contributed by atoms with Gasteiger partial charge in [-0.25, -0.2) is 0 Å². The van der Waals surface area contributed by atoms with Crippen LogP contribution in [0.3, 0.4) is 0 Å². The highest BCUT2D eigenvalue weighted by Crippen LogP contribution is 2.05. The van der Waals surface area contributed by atoms with Gasteiger partial charge < -0.3 is 10.4 Å². The minimum Gasteiger partial charge on any atom is -0.480 e. The molecule has 0 aliphatic heterocycles. The molecule has 100 valence electrons. The summed E-state index contributed by atoms with van der Waals surface area (Å²) >= 11 is 0. The Morgan fingerprint density at radius 3 is 2.18 bits per heavy atom. The molecule has 5 heteroatoms. The molecular formula is C12H24N2O3. The van der Waals surface area contributed by atoms with Gasteiger partial charge in [0.05, 0.1) is 6.54 Å². The Labute approximate surface area is 103 Å². The third-order valence-corrected chi connectivity index (χ3v) is 2.52. The summed E-state index contributed by atoms with van der Waals surface area (Å²) in [6.07, 6.45) is 2.01. The predicted molar refractivity (Wildman–Crippen MR) is 66.8 cm³/mol. The highest BCUT2D eigenvalue weighted by molar-refractivity contribution is 5.79. The number of amides is 1. The predicted octanol–water partition coefficient (Wildman–Crippen LogP) is 0.990. The van der Waals surface area contributed by atoms with E-state index in [-0.39, 0.29) is 18.5 Å². The summed E-state index contributed by atoms with van der Waals surface area (Å²) in [6.45, 7) is 7.80. The minimum atomic E-state index is -0.953. The van der Waals surface area contributed by atoms with Crippen molar-refractivity contribution in [3.63, 3.8) is 0 Å². The van der Waals surface area contributed by atoms with Crippen LogP contribution in [0.25, 0.3) is 0 Å². The molecule has 0 radical (unpaired) electrons. The summed E-state index contributed by atoms with van der Waals surface area (Å²) < 4.78 is 0. The number of carbonyl (C=O) groups excluding carboxylic acids is 1. The van der Waals surface area contributed by atoms with Crippen LogP contribution < -0.4 is 10.6 Å². The first kappa shape index (κ1) is 15.9. The molecule has 0 fully saturated rings. The van der Waals surface area contributed by atoms with Crippen molar-refractivity contribution in [2.45, 2.75) is 52.6 Å². The summed E-state index contributed by atoms with van der Waals surface area (Å²) in [5.41, 5.74) is 0. The van der Waals surface area contributed by atoms with Crippen molar-refractivity contribution >= 4 is 11.9 Å². The first-order valence-electron chi connectivity index (χ1n) is 6.08. The van der Waals surface area contributed by atoms with Crippen LogP contribution in [-0.2, 0) is 9.59 Å². The molecule has 0 saturated heterocycles. The Morgan fingerprint density at radius 2 is 1.71 bits per heavy atom. The number of nitrogens with one attached hydrogen (secondary N) is 2. The van der Waals surface area contributed by atoms with E-state index in [0.717, 1.165) is 12.8 Å². The molecule has 17 heavy (non-hydrogen) atoms. The molecule has 0 bridgehead atoms. The van der Waals surface area contributed by atoms with Gasteiger partial charge >= 0.3 is 5.97 Å². The van der Waals surface area contributed by atoms with Crippen molar-refractivity contribution in [1.29, 1.82) is 0 Å². The molecule has 0 aliphatic rings. The summed E-state index contributed by atoms with van der Waals surface area (Å²) in [4.78, 5) is 22.0. The maximum atomic E-state index is 11.5. The van der Waals surface area contributed by atoms with Gasteiger partial charge in [0, 0.05) is 6.04 Å². The number of carboxylic acids is 1. The van der Waals surface area contributed by atoms with E-state index in [0.29, 0.717) is 5.92 Å². The summed E-state index contributed by atoms with van der Waals surface area (Å²) in [7, 11) is 0. The Balaban J connectivity index is 3.74. The van der Waals surface area contributed by atoms with E-state index in [2.05, 4.69) is 24.5 Å². The molecule has 1 amide bonds. The summed E-state index contributed by atoms with van der Waals surface area (Å²) in [5.74, 6) is -0.487. The lowest BCUT2D eigenvalue weighted by molar-refractivity contribution is -0.139. The first-order chi connectivity index (χ1) is 7.82. The monoisotopic (exact) mass is 244 g/mol. The zero-order valence-corrected chi connectivity index (χ0v) is 11.1. The van der Waals surface area contributed by atoms with Gasteiger partial charge in [-0.2, -0.15) is 0 Å². The van der Waals surface area contributed by atoms with E-state index in [1.165, 1.54) is 6.92 Å². The van der Waals surface area contributed by atoms with Gasteiger partial charge in [0.2, 0.25) is 5.91 Å². The topological polar surface area (TPSA) is 78.4 Å². The molecule has 0 rings (SSSR count). The lowest BCUT2D eigenvalue weighted by atomic mass is 10.0. The second-order valence-electron chi connectivity index (χ2n) is 4.88. The molecule has 0 spiro atoms. The largest absolute Gasteiger partial charge is 0.480 e. The molecule has 2 atom stereocenters. The van der Waals surface area contributed by atoms with Crippen LogP contribution in [0.1, 0.15) is 40.5 Å². The highest BCUT2D eigenvalue weighted by atomic mass is 16.4. The Hall–Kier alpha value is -1.10. The van der Waals surface area contributed by atoms with Crippen molar-refractivity contribution in [2.24, 2.45) is 5.92 Å². The smallest absolute Gasteiger partial charge is 0.320 e. The summed E-state index contributed by atoms with van der Waals surface area (Å²) in [5, 5.41) is 14.1. The van der Waals surface area contributed by atoms with Gasteiger partial charge in [-0.1, -0.05) is 13.8 Å². The van der Waals surface area contributed by atoms with Crippen molar-refractivity contribution in [2.75, 3.05) is 6.54 Å². The maximum Gasteiger partial charge on any atom is 0.320 e. The fourth-order valence-electron chi connectivity index (χ4n) is 1.31. The second-order valence-corrected chi connectivity index (χ2v) is 4.88. The van der Waals surface area contributed by atoms with Crippen LogP contribution in [0.4, 0.5) is 0 Å². The van der Waals surface area contributed by atoms with Crippen molar-refractivity contribution < 1.29 is 14.7 Å². The molecule has 0 heterocycles. The Kier molecular flexibility index (Phi) is 7.54. The van der Waals surface area contributed by atoms with Gasteiger partial charge in [0.25, 0.3) is 0 Å². The second kappa shape index (κ2) is 8.06. The van der Waals surface area contributed by atoms with Crippen LogP contribution in [0, 0.1) is 5.92 Å². The number of carboxylic acid groups (broad SMARTS) is 1. The molecule has 0 saturated carbocycles. The lowest BCUT2D eigenvalue weighted by Gasteiger charge is -2.16. The Morgan fingerprint density at radius 1 is 1.12 bits per heavy atom. The number of hydrogen-bond acceptors (Lipinski definition) is 3. The summed E-state index contributed by atoms with van der Waals surface area (Å²) in [6, 6.07) is -0.571. The van der Waals surface area contributed by atoms with E-state index in [4.69, 9.17) is 5.11 Å². The number of rotatable bonds is 8. The third kappa shape index (κ3) is 8.68. The first-order valence-corrected chi connectivity index (χ1v) is 6.08. The van der Waals surface area contributed by atoms with Crippen molar-refractivity contribution in [3.8, 4) is 0 Å². The molecule has 0 aromatic heterocycles. The standard InChI is InChI=1S/C12H24N2O3/c1-8(2)5-6-9(3)14-11(15)7-13-10(4)12(16)17/h8-10,13H,5-7H2,1-4H3,(H,14,15)(H,16,17)/t9?,10-/m1/s1. The van der Waals surface area contributed by atoms with E-state index < -0.39 is 12.0 Å². The van der Waals surface area contributed by atoms with Gasteiger partial charge in [-0.15, -0.1) is 0 Å². The van der Waals surface area contributed by atoms with Crippen LogP contribution in [0.2, 0.25) is 0 Å². The highest BCUT2D eigenvalue weighted by Gasteiger charge is 2.13. The number of hydrogen-bond donors (Lipinski definition) is 3. The number of aliphatic carboxylic acids is 1. The number of carbonyl (C=O) groups is 2. The average Bonchev–Trinajstić information content (AvgIpc) is 2.22. The lowest BCUT2D eigenvalue weighted by Crippen LogP contribution is -2.43. The van der Waals surface area contributed by atoms with E-state index in [9.17, 15) is 9.59 Å². The zero-order valence-electron chi connectivity index (χ0n) is 11.1. The van der Waals surface area contributed by atoms with E-state index in [1.54, 1.807) is 0 Å².